The quantitative estimate of drug-likeness (QED) is 0.385. The Morgan fingerprint density at radius 1 is 1.35 bits per heavy atom. The van der Waals surface area contributed by atoms with Crippen LogP contribution in [0.4, 0.5) is 39.3 Å². The summed E-state index contributed by atoms with van der Waals surface area (Å²) >= 11 is 6.13. The average Bonchev–Trinajstić information content (AvgIpc) is 3.03. The normalized spacial score (nSPS) is 17.0. The molecule has 0 bridgehead atoms. The maximum atomic E-state index is 13.7. The molecular formula is C18H21ClF5N6O+. The lowest BCUT2D eigenvalue weighted by molar-refractivity contribution is -0.393. The second kappa shape index (κ2) is 8.50. The monoisotopic (exact) mass is 467 g/mol. The van der Waals surface area contributed by atoms with Gasteiger partial charge in [0.05, 0.1) is 13.1 Å². The number of aromatic amines is 1. The number of aromatic nitrogens is 2. The van der Waals surface area contributed by atoms with Gasteiger partial charge in [0.25, 0.3) is 17.6 Å². The van der Waals surface area contributed by atoms with Gasteiger partial charge in [-0.15, -0.1) is 0 Å². The molecule has 1 atom stereocenters. The molecule has 31 heavy (non-hydrogen) atoms. The summed E-state index contributed by atoms with van der Waals surface area (Å²) in [4.78, 5) is 7.67. The van der Waals surface area contributed by atoms with E-state index in [2.05, 4.69) is 9.97 Å². The minimum atomic E-state index is -4.67. The highest BCUT2D eigenvalue weighted by molar-refractivity contribution is 6.31. The van der Waals surface area contributed by atoms with Crippen molar-refractivity contribution in [2.75, 3.05) is 28.7 Å². The zero-order valence-corrected chi connectivity index (χ0v) is 17.1. The molecule has 1 unspecified atom stereocenters. The minimum Gasteiger partial charge on any atom is -0.428 e. The highest BCUT2D eigenvalue weighted by Gasteiger charge is 2.44. The Balaban J connectivity index is 1.99. The van der Waals surface area contributed by atoms with Crippen LogP contribution in [0.5, 0.6) is 6.01 Å². The number of hydrogen-bond donors (Lipinski definition) is 2. The molecule has 0 radical (unpaired) electrons. The lowest BCUT2D eigenvalue weighted by Gasteiger charge is -2.22. The second-order valence-corrected chi connectivity index (χ2v) is 7.58. The van der Waals surface area contributed by atoms with E-state index >= 15 is 0 Å². The number of nitrogens with zero attached hydrogens (tertiary/aromatic N) is 3. The Labute approximate surface area is 179 Å². The van der Waals surface area contributed by atoms with Gasteiger partial charge < -0.3 is 10.5 Å². The van der Waals surface area contributed by atoms with Crippen LogP contribution in [0.15, 0.2) is 24.3 Å². The first kappa shape index (κ1) is 23.1. The number of rotatable bonds is 6. The molecule has 13 heteroatoms. The largest absolute Gasteiger partial charge is 0.434 e. The summed E-state index contributed by atoms with van der Waals surface area (Å²) in [5.41, 5.74) is 6.60. The standard InChI is InChI=1S/C18H20ClF5N6O/c1-10(18(22,23)24)31-16-27-14(29-7-6-17(20,21)9-29)13(25)15(28-16)30(26)8-11-4-2-3-5-12(11)19/h2-5,10H,6-9,25-26H2,1H3/p+1. The number of alkyl halides is 5. The summed E-state index contributed by atoms with van der Waals surface area (Å²) in [5, 5.41) is 1.47. The number of anilines is 3. The van der Waals surface area contributed by atoms with Gasteiger partial charge in [-0.05, 0) is 23.5 Å². The van der Waals surface area contributed by atoms with E-state index in [1.165, 1.54) is 4.90 Å². The Bertz CT molecular complexity index is 944. The molecule has 5 N–H and O–H groups in total. The third kappa shape index (κ3) is 5.37. The van der Waals surface area contributed by atoms with Gasteiger partial charge in [-0.1, -0.05) is 29.8 Å². The van der Waals surface area contributed by atoms with Gasteiger partial charge in [-0.25, -0.2) is 19.6 Å². The first-order chi connectivity index (χ1) is 14.4. The van der Waals surface area contributed by atoms with Gasteiger partial charge in [-0.3, -0.25) is 9.91 Å². The lowest BCUT2D eigenvalue weighted by Crippen LogP contribution is -2.38. The summed E-state index contributed by atoms with van der Waals surface area (Å²) in [7, 11) is 0. The summed E-state index contributed by atoms with van der Waals surface area (Å²) in [6.07, 6.45) is -7.31. The zero-order chi connectivity index (χ0) is 23.0. The Morgan fingerprint density at radius 3 is 2.61 bits per heavy atom. The Kier molecular flexibility index (Phi) is 6.33. The van der Waals surface area contributed by atoms with Crippen molar-refractivity contribution >= 4 is 28.9 Å². The van der Waals surface area contributed by atoms with Gasteiger partial charge in [0.2, 0.25) is 0 Å². The van der Waals surface area contributed by atoms with Crippen molar-refractivity contribution in [3.05, 3.63) is 34.9 Å². The maximum absolute atomic E-state index is 13.7. The van der Waals surface area contributed by atoms with Gasteiger partial charge in [0.15, 0.2) is 11.8 Å². The summed E-state index contributed by atoms with van der Waals surface area (Å²) < 4.78 is 71.2. The van der Waals surface area contributed by atoms with Crippen LogP contribution in [-0.4, -0.2) is 36.3 Å². The Morgan fingerprint density at radius 2 is 2.03 bits per heavy atom. The van der Waals surface area contributed by atoms with Crippen LogP contribution in [-0.2, 0) is 6.54 Å². The molecule has 1 aliphatic rings. The number of nitrogens with two attached hydrogens (primary N) is 2. The fraction of sp³-hybridized carbons (Fsp3) is 0.444. The molecule has 0 aliphatic carbocycles. The number of hydrogen-bond acceptors (Lipinski definition) is 6. The number of ether oxygens (including phenoxy) is 1. The van der Waals surface area contributed by atoms with Crippen molar-refractivity contribution in [2.45, 2.75) is 38.1 Å². The molecule has 0 spiro atoms. The molecule has 1 fully saturated rings. The van der Waals surface area contributed by atoms with Crippen molar-refractivity contribution in [1.29, 1.82) is 0 Å². The molecule has 7 nitrogen and oxygen atoms in total. The maximum Gasteiger partial charge on any atom is 0.434 e. The molecule has 1 aliphatic heterocycles. The molecule has 170 valence electrons. The van der Waals surface area contributed by atoms with E-state index in [9.17, 15) is 22.0 Å². The fourth-order valence-electron chi connectivity index (χ4n) is 3.03. The number of hydrazine groups is 1. The van der Waals surface area contributed by atoms with Crippen molar-refractivity contribution < 1.29 is 31.7 Å². The van der Waals surface area contributed by atoms with E-state index in [1.54, 1.807) is 24.3 Å². The van der Waals surface area contributed by atoms with Crippen molar-refractivity contribution in [3.8, 4) is 6.01 Å². The van der Waals surface area contributed by atoms with Crippen molar-refractivity contribution in [3.63, 3.8) is 0 Å². The van der Waals surface area contributed by atoms with Crippen LogP contribution in [0.1, 0.15) is 18.9 Å². The third-order valence-corrected chi connectivity index (χ3v) is 5.10. The van der Waals surface area contributed by atoms with Crippen LogP contribution in [0.25, 0.3) is 0 Å². The smallest absolute Gasteiger partial charge is 0.428 e. The minimum absolute atomic E-state index is 0.00471. The number of nitrogens with one attached hydrogen (secondary N) is 1. The highest BCUT2D eigenvalue weighted by Crippen LogP contribution is 2.36. The van der Waals surface area contributed by atoms with Gasteiger partial charge in [-0.2, -0.15) is 13.2 Å². The van der Waals surface area contributed by atoms with Crippen molar-refractivity contribution in [2.24, 2.45) is 5.84 Å². The third-order valence-electron chi connectivity index (χ3n) is 4.73. The second-order valence-electron chi connectivity index (χ2n) is 7.18. The first-order valence-electron chi connectivity index (χ1n) is 9.22. The topological polar surface area (TPSA) is 94.8 Å². The van der Waals surface area contributed by atoms with E-state index in [-0.39, 0.29) is 30.4 Å². The van der Waals surface area contributed by atoms with Crippen LogP contribution in [0, 0.1) is 0 Å². The highest BCUT2D eigenvalue weighted by atomic mass is 35.5. The SMILES string of the molecule is CC(Oc1nc(N(N)Cc2ccccc2Cl)c(N)c(N2CCC(F)(F)C2)[nH+]1)C(F)(F)F. The van der Waals surface area contributed by atoms with Gasteiger partial charge in [0, 0.05) is 11.4 Å². The first-order valence-corrected chi connectivity index (χ1v) is 9.60. The van der Waals surface area contributed by atoms with E-state index in [0.717, 1.165) is 11.9 Å². The molecule has 1 aromatic heterocycles. The fourth-order valence-corrected chi connectivity index (χ4v) is 3.22. The van der Waals surface area contributed by atoms with Crippen LogP contribution >= 0.6 is 11.6 Å². The molecule has 2 aromatic rings. The van der Waals surface area contributed by atoms with Gasteiger partial charge in [0.1, 0.15) is 6.54 Å². The summed E-state index contributed by atoms with van der Waals surface area (Å²) in [6, 6.07) is 6.21. The van der Waals surface area contributed by atoms with Crippen molar-refractivity contribution in [1.82, 2.24) is 4.98 Å². The molecule has 1 aromatic carbocycles. The van der Waals surface area contributed by atoms with Gasteiger partial charge >= 0.3 is 12.2 Å². The average molecular weight is 468 g/mol. The number of halogens is 6. The van der Waals surface area contributed by atoms with E-state index in [0.29, 0.717) is 10.6 Å². The van der Waals surface area contributed by atoms with E-state index in [4.69, 9.17) is 27.9 Å². The molecule has 3 rings (SSSR count). The molecule has 0 amide bonds. The van der Waals surface area contributed by atoms with Crippen LogP contribution < -0.4 is 31.2 Å². The molecule has 0 saturated carbocycles. The molecule has 2 heterocycles. The molecule has 1 saturated heterocycles. The van der Waals surface area contributed by atoms with Crippen LogP contribution in [0.2, 0.25) is 5.02 Å². The Hall–Kier alpha value is -2.60. The van der Waals surface area contributed by atoms with E-state index in [1.807, 2.05) is 0 Å². The van der Waals surface area contributed by atoms with E-state index < -0.39 is 37.2 Å². The molecular weight excluding hydrogens is 447 g/mol. The zero-order valence-electron chi connectivity index (χ0n) is 16.4. The van der Waals surface area contributed by atoms with Crippen LogP contribution in [0.3, 0.4) is 0 Å². The lowest BCUT2D eigenvalue weighted by atomic mass is 10.2. The number of H-pyrrole nitrogens is 1. The summed E-state index contributed by atoms with van der Waals surface area (Å²) in [5.74, 6) is 2.91. The predicted octanol–water partition coefficient (Wildman–Crippen LogP) is 3.19. The number of benzene rings is 1. The predicted molar refractivity (Wildman–Crippen MR) is 105 cm³/mol. The number of nitrogen functional groups attached to an aromatic ring is 1. The summed E-state index contributed by atoms with van der Waals surface area (Å²) in [6.45, 7) is 0.0605.